The monoisotopic (exact) mass is 190 g/mol. The molecule has 12 heavy (non-hydrogen) atoms. The largest absolute Gasteiger partial charge is 0.459 e. The number of carbonyl (C=O) groups is 1. The third-order valence-electron chi connectivity index (χ3n) is 1.28. The normalized spacial score (nSPS) is 14.6. The van der Waals surface area contributed by atoms with Gasteiger partial charge in [-0.15, -0.1) is 0 Å². The average Bonchev–Trinajstić information content (AvgIpc) is 1.82. The zero-order chi connectivity index (χ0) is 9.94. The summed E-state index contributed by atoms with van der Waals surface area (Å²) in [5.41, 5.74) is -0.410. The highest BCUT2D eigenvalue weighted by Crippen LogP contribution is 2.15. The molecule has 0 fully saturated rings. The van der Waals surface area contributed by atoms with Gasteiger partial charge in [0.1, 0.15) is 10.9 Å². The number of carbonyl (C=O) groups excluding carboxylic acids is 1. The summed E-state index contributed by atoms with van der Waals surface area (Å²) in [5, 5.41) is -0.316. The smallest absolute Gasteiger partial charge is 0.319 e. The first-order valence-corrected chi connectivity index (χ1v) is 4.66. The molecule has 3 heteroatoms. The van der Waals surface area contributed by atoms with Crippen molar-refractivity contribution in [2.45, 2.75) is 45.5 Å². The standard InChI is InChI=1S/C9H18O2S/c1-6(2)7(12)8(10)11-9(3,4)5/h6-7,12H,1-5H3. The summed E-state index contributed by atoms with van der Waals surface area (Å²) in [6.07, 6.45) is 0. The van der Waals surface area contributed by atoms with Crippen LogP contribution in [0.15, 0.2) is 0 Å². The van der Waals surface area contributed by atoms with Crippen molar-refractivity contribution in [1.82, 2.24) is 0 Å². The minimum absolute atomic E-state index is 0.211. The Morgan fingerprint density at radius 3 is 2.00 bits per heavy atom. The van der Waals surface area contributed by atoms with Crippen molar-refractivity contribution in [3.63, 3.8) is 0 Å². The molecule has 0 aliphatic carbocycles. The molecule has 0 radical (unpaired) electrons. The highest BCUT2D eigenvalue weighted by molar-refractivity contribution is 7.81. The second kappa shape index (κ2) is 4.17. The Kier molecular flexibility index (Phi) is 4.11. The van der Waals surface area contributed by atoms with Gasteiger partial charge in [0.25, 0.3) is 0 Å². The van der Waals surface area contributed by atoms with Gasteiger partial charge in [-0.3, -0.25) is 4.79 Å². The highest BCUT2D eigenvalue weighted by Gasteiger charge is 2.24. The van der Waals surface area contributed by atoms with E-state index in [0.717, 1.165) is 0 Å². The molecule has 1 atom stereocenters. The van der Waals surface area contributed by atoms with Gasteiger partial charge in [-0.2, -0.15) is 12.6 Å². The van der Waals surface area contributed by atoms with Crippen LogP contribution in [0, 0.1) is 5.92 Å². The van der Waals surface area contributed by atoms with E-state index in [1.54, 1.807) is 0 Å². The number of thiol groups is 1. The molecule has 0 saturated carbocycles. The first-order chi connectivity index (χ1) is 5.24. The van der Waals surface area contributed by atoms with Crippen LogP contribution in [0.5, 0.6) is 0 Å². The molecule has 0 saturated heterocycles. The number of hydrogen-bond donors (Lipinski definition) is 1. The number of rotatable bonds is 2. The molecule has 0 aromatic carbocycles. The Balaban J connectivity index is 4.05. The molecule has 0 aliphatic heterocycles. The fourth-order valence-electron chi connectivity index (χ4n) is 0.634. The first-order valence-electron chi connectivity index (χ1n) is 4.15. The van der Waals surface area contributed by atoms with E-state index in [1.165, 1.54) is 0 Å². The van der Waals surface area contributed by atoms with E-state index in [1.807, 2.05) is 34.6 Å². The van der Waals surface area contributed by atoms with E-state index in [-0.39, 0.29) is 17.1 Å². The molecule has 0 N–H and O–H groups in total. The molecule has 1 unspecified atom stereocenters. The van der Waals surface area contributed by atoms with Crippen molar-refractivity contribution < 1.29 is 9.53 Å². The van der Waals surface area contributed by atoms with Crippen LogP contribution in [0.1, 0.15) is 34.6 Å². The minimum Gasteiger partial charge on any atom is -0.459 e. The van der Waals surface area contributed by atoms with Crippen molar-refractivity contribution in [2.24, 2.45) is 5.92 Å². The first kappa shape index (κ1) is 11.8. The Hall–Kier alpha value is -0.180. The predicted octanol–water partition coefficient (Wildman–Crippen LogP) is 2.28. The maximum Gasteiger partial charge on any atom is 0.319 e. The lowest BCUT2D eigenvalue weighted by Crippen LogP contribution is -2.31. The van der Waals surface area contributed by atoms with Gasteiger partial charge in [-0.05, 0) is 26.7 Å². The lowest BCUT2D eigenvalue weighted by Gasteiger charge is -2.23. The van der Waals surface area contributed by atoms with Gasteiger partial charge in [0.15, 0.2) is 0 Å². The molecule has 0 heterocycles. The summed E-state index contributed by atoms with van der Waals surface area (Å²) in [7, 11) is 0. The summed E-state index contributed by atoms with van der Waals surface area (Å²) in [5.74, 6) is -0.0241. The van der Waals surface area contributed by atoms with Crippen LogP contribution in [-0.2, 0) is 9.53 Å². The Morgan fingerprint density at radius 1 is 1.33 bits per heavy atom. The third-order valence-corrected chi connectivity index (χ3v) is 2.09. The number of esters is 1. The van der Waals surface area contributed by atoms with Crippen LogP contribution < -0.4 is 0 Å². The zero-order valence-electron chi connectivity index (χ0n) is 8.42. The Morgan fingerprint density at radius 2 is 1.75 bits per heavy atom. The third kappa shape index (κ3) is 4.65. The summed E-state index contributed by atoms with van der Waals surface area (Å²) in [6.45, 7) is 9.45. The SMILES string of the molecule is CC(C)C(S)C(=O)OC(C)(C)C. The van der Waals surface area contributed by atoms with Crippen LogP contribution in [0.4, 0.5) is 0 Å². The Bertz CT molecular complexity index is 158. The van der Waals surface area contributed by atoms with Crippen LogP contribution >= 0.6 is 12.6 Å². The summed E-state index contributed by atoms with van der Waals surface area (Å²) in [4.78, 5) is 11.3. The van der Waals surface area contributed by atoms with E-state index in [4.69, 9.17) is 4.74 Å². The van der Waals surface area contributed by atoms with Gasteiger partial charge in [0, 0.05) is 0 Å². The van der Waals surface area contributed by atoms with Crippen LogP contribution in [-0.4, -0.2) is 16.8 Å². The van der Waals surface area contributed by atoms with Crippen molar-refractivity contribution in [2.75, 3.05) is 0 Å². The maximum absolute atomic E-state index is 11.3. The molecule has 0 amide bonds. The van der Waals surface area contributed by atoms with Gasteiger partial charge in [-0.25, -0.2) is 0 Å². The van der Waals surface area contributed by atoms with Crippen LogP contribution in [0.3, 0.4) is 0 Å². The van der Waals surface area contributed by atoms with Gasteiger partial charge >= 0.3 is 5.97 Å². The highest BCUT2D eigenvalue weighted by atomic mass is 32.1. The second-order valence-electron chi connectivity index (χ2n) is 4.22. The van der Waals surface area contributed by atoms with Crippen molar-refractivity contribution in [3.05, 3.63) is 0 Å². The molecule has 0 aliphatic rings. The molecular formula is C9H18O2S. The van der Waals surface area contributed by atoms with E-state index in [0.29, 0.717) is 0 Å². The van der Waals surface area contributed by atoms with E-state index in [2.05, 4.69) is 12.6 Å². The van der Waals surface area contributed by atoms with Crippen LogP contribution in [0.25, 0.3) is 0 Å². The van der Waals surface area contributed by atoms with E-state index < -0.39 is 5.60 Å². The van der Waals surface area contributed by atoms with Gasteiger partial charge < -0.3 is 4.74 Å². The predicted molar refractivity (Wildman–Crippen MR) is 53.5 cm³/mol. The second-order valence-corrected chi connectivity index (χ2v) is 4.78. The lowest BCUT2D eigenvalue weighted by molar-refractivity contribution is -0.154. The average molecular weight is 190 g/mol. The molecule has 0 aromatic heterocycles. The van der Waals surface area contributed by atoms with Crippen molar-refractivity contribution >= 4 is 18.6 Å². The fraction of sp³-hybridized carbons (Fsp3) is 0.889. The van der Waals surface area contributed by atoms with E-state index >= 15 is 0 Å². The molecule has 0 spiro atoms. The van der Waals surface area contributed by atoms with Crippen molar-refractivity contribution in [3.8, 4) is 0 Å². The molecular weight excluding hydrogens is 172 g/mol. The molecule has 0 rings (SSSR count). The van der Waals surface area contributed by atoms with Crippen LogP contribution in [0.2, 0.25) is 0 Å². The summed E-state index contributed by atoms with van der Waals surface area (Å²) < 4.78 is 5.15. The minimum atomic E-state index is -0.410. The molecule has 2 nitrogen and oxygen atoms in total. The van der Waals surface area contributed by atoms with Crippen molar-refractivity contribution in [1.29, 1.82) is 0 Å². The topological polar surface area (TPSA) is 26.3 Å². The quantitative estimate of drug-likeness (QED) is 0.534. The fourth-order valence-corrected chi connectivity index (χ4v) is 0.687. The maximum atomic E-state index is 11.3. The number of ether oxygens (including phenoxy) is 1. The lowest BCUT2D eigenvalue weighted by atomic mass is 10.1. The number of hydrogen-bond acceptors (Lipinski definition) is 3. The summed E-state index contributed by atoms with van der Waals surface area (Å²) in [6, 6.07) is 0. The summed E-state index contributed by atoms with van der Waals surface area (Å²) >= 11 is 4.16. The van der Waals surface area contributed by atoms with E-state index in [9.17, 15) is 4.79 Å². The zero-order valence-corrected chi connectivity index (χ0v) is 9.31. The Labute approximate surface area is 80.1 Å². The molecule has 72 valence electrons. The van der Waals surface area contributed by atoms with Gasteiger partial charge in [0.2, 0.25) is 0 Å². The molecule has 0 aromatic rings. The molecule has 0 bridgehead atoms. The van der Waals surface area contributed by atoms with Gasteiger partial charge in [0.05, 0.1) is 0 Å². The van der Waals surface area contributed by atoms with Gasteiger partial charge in [-0.1, -0.05) is 13.8 Å².